The number of hydrogen-bond donors (Lipinski definition) is 0. The Hall–Kier alpha value is -2.55. The number of phosphoric acid groups is 1. The van der Waals surface area contributed by atoms with E-state index in [0.29, 0.717) is 23.9 Å². The molecule has 0 amide bonds. The molecular weight excluding hydrogens is 822 g/mol. The SMILES string of the molecule is CC/C=C\C/C=C\C/C=C\CCCCCC(=O)OCC(COP(=O)([O-])OCC[N+](C)(C)C)OC(=O)CCCCCCCCCCCCCC/C=C\C/C=C\C/C=C\CCCCCCC. The van der Waals surface area contributed by atoms with E-state index < -0.39 is 32.5 Å². The van der Waals surface area contributed by atoms with E-state index in [2.05, 4.69) is 86.8 Å². The third-order valence-electron chi connectivity index (χ3n) is 10.7. The highest BCUT2D eigenvalue weighted by molar-refractivity contribution is 7.45. The quantitative estimate of drug-likeness (QED) is 0.0195. The molecule has 0 saturated heterocycles. The minimum absolute atomic E-state index is 0.0390. The van der Waals surface area contributed by atoms with E-state index in [0.717, 1.165) is 70.6 Å². The third-order valence-corrected chi connectivity index (χ3v) is 11.7. The fraction of sp³-hybridized carbons (Fsp3) is 0.741. The average Bonchev–Trinajstić information content (AvgIpc) is 3.25. The lowest BCUT2D eigenvalue weighted by atomic mass is 10.0. The summed E-state index contributed by atoms with van der Waals surface area (Å²) in [5, 5.41) is 0. The Morgan fingerprint density at radius 3 is 1.34 bits per heavy atom. The van der Waals surface area contributed by atoms with Crippen LogP contribution < -0.4 is 4.89 Å². The number of allylic oxidation sites excluding steroid dienone is 12. The number of unbranched alkanes of at least 4 members (excludes halogenated alkanes) is 20. The second kappa shape index (κ2) is 45.6. The molecule has 0 aliphatic heterocycles. The largest absolute Gasteiger partial charge is 0.756 e. The highest BCUT2D eigenvalue weighted by Crippen LogP contribution is 2.38. The predicted octanol–water partition coefficient (Wildman–Crippen LogP) is 14.7. The molecule has 0 aromatic rings. The minimum atomic E-state index is -4.64. The van der Waals surface area contributed by atoms with Crippen molar-refractivity contribution in [2.24, 2.45) is 0 Å². The molecule has 370 valence electrons. The van der Waals surface area contributed by atoms with E-state index in [1.807, 2.05) is 21.1 Å². The number of rotatable bonds is 46. The maximum atomic E-state index is 12.7. The second-order valence-corrected chi connectivity index (χ2v) is 19.6. The predicted molar refractivity (Wildman–Crippen MR) is 268 cm³/mol. The van der Waals surface area contributed by atoms with Crippen molar-refractivity contribution in [2.45, 2.75) is 213 Å². The van der Waals surface area contributed by atoms with Gasteiger partial charge in [-0.1, -0.05) is 183 Å². The van der Waals surface area contributed by atoms with E-state index in [9.17, 15) is 19.0 Å². The number of nitrogens with zero attached hydrogens (tertiary/aromatic N) is 1. The van der Waals surface area contributed by atoms with E-state index in [4.69, 9.17) is 18.5 Å². The summed E-state index contributed by atoms with van der Waals surface area (Å²) in [6.45, 7) is 4.06. The number of ether oxygens (including phenoxy) is 2. The number of carbonyl (C=O) groups is 2. The first kappa shape index (κ1) is 61.5. The molecule has 0 aliphatic rings. The zero-order valence-corrected chi connectivity index (χ0v) is 42.6. The van der Waals surface area contributed by atoms with Gasteiger partial charge in [0.05, 0.1) is 27.7 Å². The van der Waals surface area contributed by atoms with Crippen LogP contribution in [0.2, 0.25) is 0 Å². The smallest absolute Gasteiger partial charge is 0.306 e. The molecule has 0 heterocycles. The van der Waals surface area contributed by atoms with Crippen LogP contribution in [0.5, 0.6) is 0 Å². The molecule has 0 saturated carbocycles. The molecule has 64 heavy (non-hydrogen) atoms. The third kappa shape index (κ3) is 48.9. The van der Waals surface area contributed by atoms with Gasteiger partial charge in [-0.25, -0.2) is 0 Å². The molecule has 2 atom stereocenters. The van der Waals surface area contributed by atoms with Gasteiger partial charge in [-0.2, -0.15) is 0 Å². The van der Waals surface area contributed by atoms with Crippen LogP contribution in [0.3, 0.4) is 0 Å². The summed E-state index contributed by atoms with van der Waals surface area (Å²) in [6, 6.07) is 0. The van der Waals surface area contributed by atoms with Crippen LogP contribution in [0.25, 0.3) is 0 Å². The maximum absolute atomic E-state index is 12.7. The number of esters is 2. The molecule has 0 N–H and O–H groups in total. The van der Waals surface area contributed by atoms with E-state index in [1.165, 1.54) is 96.3 Å². The van der Waals surface area contributed by atoms with Crippen molar-refractivity contribution in [1.29, 1.82) is 0 Å². The Bertz CT molecular complexity index is 1310. The van der Waals surface area contributed by atoms with Crippen molar-refractivity contribution in [3.05, 3.63) is 72.9 Å². The van der Waals surface area contributed by atoms with Crippen LogP contribution in [0.4, 0.5) is 0 Å². The molecule has 0 aliphatic carbocycles. The van der Waals surface area contributed by atoms with E-state index in [1.54, 1.807) is 0 Å². The van der Waals surface area contributed by atoms with Gasteiger partial charge in [-0.15, -0.1) is 0 Å². The first-order valence-electron chi connectivity index (χ1n) is 25.6. The van der Waals surface area contributed by atoms with Gasteiger partial charge in [-0.05, 0) is 83.5 Å². The van der Waals surface area contributed by atoms with Crippen molar-refractivity contribution in [3.63, 3.8) is 0 Å². The summed E-state index contributed by atoms with van der Waals surface area (Å²) in [7, 11) is 1.14. The molecule has 0 fully saturated rings. The molecule has 2 unspecified atom stereocenters. The summed E-state index contributed by atoms with van der Waals surface area (Å²) in [4.78, 5) is 37.6. The molecular formula is C54H96NO8P. The number of hydrogen-bond acceptors (Lipinski definition) is 8. The first-order chi connectivity index (χ1) is 31.0. The summed E-state index contributed by atoms with van der Waals surface area (Å²) in [5.74, 6) is -0.873. The van der Waals surface area contributed by atoms with Gasteiger partial charge in [0.15, 0.2) is 6.10 Å². The lowest BCUT2D eigenvalue weighted by Crippen LogP contribution is -2.37. The first-order valence-corrected chi connectivity index (χ1v) is 27.1. The van der Waals surface area contributed by atoms with Crippen molar-refractivity contribution < 1.29 is 42.1 Å². The normalized spacial score (nSPS) is 14.0. The van der Waals surface area contributed by atoms with Crippen LogP contribution in [-0.2, 0) is 32.7 Å². The average molecular weight is 918 g/mol. The summed E-state index contributed by atoms with van der Waals surface area (Å²) in [5.41, 5.74) is 0. The van der Waals surface area contributed by atoms with Gasteiger partial charge in [0.25, 0.3) is 7.82 Å². The molecule has 0 radical (unpaired) electrons. The Morgan fingerprint density at radius 2 is 0.891 bits per heavy atom. The number of likely N-dealkylation sites (N-methyl/N-ethyl adjacent to an activating group) is 1. The zero-order chi connectivity index (χ0) is 47.1. The van der Waals surface area contributed by atoms with Crippen molar-refractivity contribution in [3.8, 4) is 0 Å². The second-order valence-electron chi connectivity index (χ2n) is 18.1. The molecule has 0 aromatic heterocycles. The standard InChI is InChI=1S/C54H96NO8P/c1-6-8-10-12-14-16-18-20-21-22-23-24-25-26-27-28-29-30-31-32-33-35-37-39-41-43-45-47-54(57)63-52(51-62-64(58,59)61-49-48-55(3,4)5)50-60-53(56)46-44-42-40-38-36-34-19-17-15-13-11-9-7-2/h9,11,15,17-18,20,22-23,25-26,34,36,52H,6-8,10,12-14,16,19,21,24,27-33,35,37-51H2,1-5H3/b11-9-,17-15-,20-18-,23-22-,26-25-,36-34-. The molecule has 0 aromatic carbocycles. The summed E-state index contributed by atoms with van der Waals surface area (Å²) in [6.07, 6.45) is 58.0. The van der Waals surface area contributed by atoms with Gasteiger partial charge in [-0.3, -0.25) is 14.2 Å². The van der Waals surface area contributed by atoms with Crippen molar-refractivity contribution in [1.82, 2.24) is 0 Å². The molecule has 0 bridgehead atoms. The number of quaternary nitrogens is 1. The topological polar surface area (TPSA) is 111 Å². The fourth-order valence-electron chi connectivity index (χ4n) is 6.73. The highest BCUT2D eigenvalue weighted by Gasteiger charge is 2.21. The van der Waals surface area contributed by atoms with Gasteiger partial charge < -0.3 is 27.9 Å². The maximum Gasteiger partial charge on any atom is 0.306 e. The summed E-state index contributed by atoms with van der Waals surface area (Å²) >= 11 is 0. The van der Waals surface area contributed by atoms with Gasteiger partial charge in [0.2, 0.25) is 0 Å². The van der Waals surface area contributed by atoms with Gasteiger partial charge in [0.1, 0.15) is 19.8 Å². The van der Waals surface area contributed by atoms with Gasteiger partial charge in [0, 0.05) is 12.8 Å². The van der Waals surface area contributed by atoms with Crippen molar-refractivity contribution >= 4 is 19.8 Å². The zero-order valence-electron chi connectivity index (χ0n) is 41.7. The Kier molecular flexibility index (Phi) is 43.8. The number of carbonyl (C=O) groups excluding carboxylic acids is 2. The lowest BCUT2D eigenvalue weighted by molar-refractivity contribution is -0.870. The molecule has 0 spiro atoms. The van der Waals surface area contributed by atoms with Crippen LogP contribution in [0.1, 0.15) is 206 Å². The van der Waals surface area contributed by atoms with E-state index in [-0.39, 0.29) is 26.1 Å². The van der Waals surface area contributed by atoms with Crippen LogP contribution in [0.15, 0.2) is 72.9 Å². The Morgan fingerprint density at radius 1 is 0.500 bits per heavy atom. The molecule has 10 heteroatoms. The number of phosphoric ester groups is 1. The van der Waals surface area contributed by atoms with E-state index >= 15 is 0 Å². The fourth-order valence-corrected chi connectivity index (χ4v) is 7.46. The van der Waals surface area contributed by atoms with Crippen molar-refractivity contribution in [2.75, 3.05) is 47.5 Å². The van der Waals surface area contributed by atoms with Crippen LogP contribution in [0, 0.1) is 0 Å². The molecule has 0 rings (SSSR count). The lowest BCUT2D eigenvalue weighted by Gasteiger charge is -2.28. The molecule has 9 nitrogen and oxygen atoms in total. The Labute approximate surface area is 393 Å². The van der Waals surface area contributed by atoms with Gasteiger partial charge >= 0.3 is 11.9 Å². The summed E-state index contributed by atoms with van der Waals surface area (Å²) < 4.78 is 34.0. The Balaban J connectivity index is 4.20. The highest BCUT2D eigenvalue weighted by atomic mass is 31.2. The monoisotopic (exact) mass is 918 g/mol. The minimum Gasteiger partial charge on any atom is -0.756 e. The van der Waals surface area contributed by atoms with Crippen LogP contribution in [-0.4, -0.2) is 70.0 Å². The van der Waals surface area contributed by atoms with Crippen LogP contribution >= 0.6 is 7.82 Å².